The monoisotopic (exact) mass is 494 g/mol. The summed E-state index contributed by atoms with van der Waals surface area (Å²) in [4.78, 5) is 45.9. The maximum atomic E-state index is 13.1. The molecule has 1 aromatic heterocycles. The highest BCUT2D eigenvalue weighted by molar-refractivity contribution is 5.94. The number of benzene rings is 2. The maximum absolute atomic E-state index is 13.1. The van der Waals surface area contributed by atoms with Gasteiger partial charge in [-0.1, -0.05) is 42.5 Å². The van der Waals surface area contributed by atoms with Gasteiger partial charge in [-0.05, 0) is 29.7 Å². The number of nitrogens with zero attached hydrogens (tertiary/aromatic N) is 2. The van der Waals surface area contributed by atoms with E-state index in [0.717, 1.165) is 5.56 Å². The van der Waals surface area contributed by atoms with Crippen molar-refractivity contribution in [3.05, 3.63) is 93.4 Å². The largest absolute Gasteiger partial charge is 0.501 e. The Morgan fingerprint density at radius 3 is 2.58 bits per heavy atom. The SMILES string of the molecule is CC(=O)N1CCC(OCc2ccccc2)CC1c1nc(C(=O)NCc2ccc(F)cc2)c(O)c(=O)[nH]1. The first-order chi connectivity index (χ1) is 17.3. The maximum Gasteiger partial charge on any atom is 0.294 e. The number of aromatic hydroxyl groups is 1. The highest BCUT2D eigenvalue weighted by Gasteiger charge is 2.34. The van der Waals surface area contributed by atoms with Gasteiger partial charge in [0.1, 0.15) is 11.6 Å². The highest BCUT2D eigenvalue weighted by atomic mass is 19.1. The minimum absolute atomic E-state index is 0.0424. The van der Waals surface area contributed by atoms with E-state index in [1.54, 1.807) is 4.90 Å². The number of carbonyl (C=O) groups is 2. The Morgan fingerprint density at radius 2 is 1.89 bits per heavy atom. The molecule has 0 aliphatic carbocycles. The Bertz CT molecular complexity index is 1280. The van der Waals surface area contributed by atoms with Crippen LogP contribution in [0.15, 0.2) is 59.4 Å². The van der Waals surface area contributed by atoms with E-state index >= 15 is 0 Å². The van der Waals surface area contributed by atoms with Crippen molar-refractivity contribution in [3.63, 3.8) is 0 Å². The zero-order chi connectivity index (χ0) is 25.7. The molecule has 1 saturated heterocycles. The van der Waals surface area contributed by atoms with Gasteiger partial charge < -0.3 is 25.0 Å². The summed E-state index contributed by atoms with van der Waals surface area (Å²) in [5, 5.41) is 12.8. The van der Waals surface area contributed by atoms with Gasteiger partial charge in [-0.3, -0.25) is 14.4 Å². The smallest absolute Gasteiger partial charge is 0.294 e. The Balaban J connectivity index is 1.53. The molecule has 10 heteroatoms. The summed E-state index contributed by atoms with van der Waals surface area (Å²) in [6.45, 7) is 2.25. The lowest BCUT2D eigenvalue weighted by Crippen LogP contribution is -2.43. The first kappa shape index (κ1) is 25.1. The molecule has 3 aromatic rings. The standard InChI is InChI=1S/C26H27FN4O5/c1-16(32)31-12-11-20(36-15-18-5-3-2-4-6-18)13-21(31)24-29-22(23(33)26(35)30-24)25(34)28-14-17-7-9-19(27)10-8-17/h2-10,20-21,33H,11-15H2,1H3,(H,28,34)(H,29,30,35). The molecule has 2 amide bonds. The van der Waals surface area contributed by atoms with Gasteiger partial charge >= 0.3 is 0 Å². The normalized spacial score (nSPS) is 17.6. The molecule has 188 valence electrons. The third-order valence-electron chi connectivity index (χ3n) is 6.10. The van der Waals surface area contributed by atoms with Crippen molar-refractivity contribution in [3.8, 4) is 5.75 Å². The lowest BCUT2D eigenvalue weighted by Gasteiger charge is -2.38. The van der Waals surface area contributed by atoms with Gasteiger partial charge in [0.2, 0.25) is 11.7 Å². The van der Waals surface area contributed by atoms with Crippen LogP contribution in [0.4, 0.5) is 4.39 Å². The van der Waals surface area contributed by atoms with Crippen LogP contribution < -0.4 is 10.9 Å². The summed E-state index contributed by atoms with van der Waals surface area (Å²) in [6, 6.07) is 14.6. The number of amides is 2. The number of halogens is 1. The van der Waals surface area contributed by atoms with E-state index in [0.29, 0.717) is 31.6 Å². The fourth-order valence-corrected chi connectivity index (χ4v) is 4.18. The summed E-state index contributed by atoms with van der Waals surface area (Å²) in [5.41, 5.74) is 0.302. The molecule has 1 aliphatic rings. The zero-order valence-corrected chi connectivity index (χ0v) is 19.7. The molecule has 0 bridgehead atoms. The molecule has 2 atom stereocenters. The molecule has 4 rings (SSSR count). The molecule has 9 nitrogen and oxygen atoms in total. The van der Waals surface area contributed by atoms with Gasteiger partial charge in [-0.15, -0.1) is 0 Å². The number of carbonyl (C=O) groups excluding carboxylic acids is 2. The van der Waals surface area contributed by atoms with E-state index in [1.165, 1.54) is 31.2 Å². The second-order valence-corrected chi connectivity index (χ2v) is 8.63. The number of nitrogens with one attached hydrogen (secondary N) is 2. The third kappa shape index (κ3) is 5.95. The zero-order valence-electron chi connectivity index (χ0n) is 19.7. The summed E-state index contributed by atoms with van der Waals surface area (Å²) < 4.78 is 19.2. The third-order valence-corrected chi connectivity index (χ3v) is 6.10. The molecule has 0 spiro atoms. The lowest BCUT2D eigenvalue weighted by atomic mass is 9.98. The quantitative estimate of drug-likeness (QED) is 0.464. The summed E-state index contributed by atoms with van der Waals surface area (Å²) >= 11 is 0. The number of hydrogen-bond acceptors (Lipinski definition) is 6. The van der Waals surface area contributed by atoms with Crippen molar-refractivity contribution < 1.29 is 23.8 Å². The molecular formula is C26H27FN4O5. The van der Waals surface area contributed by atoms with E-state index in [4.69, 9.17) is 4.74 Å². The summed E-state index contributed by atoms with van der Waals surface area (Å²) in [5.74, 6) is -2.12. The van der Waals surface area contributed by atoms with Crippen LogP contribution in [-0.4, -0.2) is 44.4 Å². The second-order valence-electron chi connectivity index (χ2n) is 8.63. The molecule has 3 N–H and O–H groups in total. The molecule has 36 heavy (non-hydrogen) atoms. The van der Waals surface area contributed by atoms with Crippen LogP contribution in [0.25, 0.3) is 0 Å². The molecule has 2 aromatic carbocycles. The van der Waals surface area contributed by atoms with Crippen LogP contribution in [-0.2, 0) is 22.7 Å². The lowest BCUT2D eigenvalue weighted by molar-refractivity contribution is -0.136. The van der Waals surface area contributed by atoms with Crippen molar-refractivity contribution in [1.82, 2.24) is 20.2 Å². The number of aromatic amines is 1. The molecule has 0 radical (unpaired) electrons. The molecule has 0 saturated carbocycles. The van der Waals surface area contributed by atoms with Crippen LogP contribution in [0.3, 0.4) is 0 Å². The van der Waals surface area contributed by atoms with E-state index in [-0.39, 0.29) is 24.4 Å². The van der Waals surface area contributed by atoms with Crippen LogP contribution in [0.5, 0.6) is 5.75 Å². The predicted molar refractivity (Wildman–Crippen MR) is 128 cm³/mol. The number of likely N-dealkylation sites (tertiary alicyclic amines) is 1. The van der Waals surface area contributed by atoms with Gasteiger partial charge in [-0.2, -0.15) is 0 Å². The van der Waals surface area contributed by atoms with Crippen LogP contribution in [0, 0.1) is 5.82 Å². The number of ether oxygens (including phenoxy) is 1. The molecule has 2 heterocycles. The van der Waals surface area contributed by atoms with Crippen LogP contribution in [0.2, 0.25) is 0 Å². The number of aromatic nitrogens is 2. The first-order valence-corrected chi connectivity index (χ1v) is 11.6. The average molecular weight is 495 g/mol. The number of rotatable bonds is 7. The molecule has 1 aliphatic heterocycles. The average Bonchev–Trinajstić information content (AvgIpc) is 2.88. The minimum atomic E-state index is -0.886. The fraction of sp³-hybridized carbons (Fsp3) is 0.308. The van der Waals surface area contributed by atoms with Crippen molar-refractivity contribution in [1.29, 1.82) is 0 Å². The fourth-order valence-electron chi connectivity index (χ4n) is 4.18. The minimum Gasteiger partial charge on any atom is -0.501 e. The molecular weight excluding hydrogens is 467 g/mol. The Morgan fingerprint density at radius 1 is 1.17 bits per heavy atom. The van der Waals surface area contributed by atoms with Crippen LogP contribution >= 0.6 is 0 Å². The van der Waals surface area contributed by atoms with Crippen molar-refractivity contribution in [2.24, 2.45) is 0 Å². The second kappa shape index (κ2) is 11.1. The topological polar surface area (TPSA) is 125 Å². The van der Waals surface area contributed by atoms with Gasteiger partial charge in [0.25, 0.3) is 11.5 Å². The van der Waals surface area contributed by atoms with Gasteiger partial charge in [0.05, 0.1) is 18.8 Å². The van der Waals surface area contributed by atoms with Gasteiger partial charge in [-0.25, -0.2) is 9.37 Å². The Kier molecular flexibility index (Phi) is 7.74. The van der Waals surface area contributed by atoms with Crippen molar-refractivity contribution in [2.45, 2.75) is 45.1 Å². The van der Waals surface area contributed by atoms with Crippen LogP contribution in [0.1, 0.15) is 53.2 Å². The van der Waals surface area contributed by atoms with E-state index < -0.39 is 34.8 Å². The summed E-state index contributed by atoms with van der Waals surface area (Å²) in [6.07, 6.45) is 0.758. The van der Waals surface area contributed by atoms with E-state index in [2.05, 4.69) is 15.3 Å². The molecule has 2 unspecified atom stereocenters. The number of H-pyrrole nitrogens is 1. The Hall–Kier alpha value is -4.05. The first-order valence-electron chi connectivity index (χ1n) is 11.6. The van der Waals surface area contributed by atoms with E-state index in [1.807, 2.05) is 30.3 Å². The Labute approximate surface area is 206 Å². The van der Waals surface area contributed by atoms with E-state index in [9.17, 15) is 23.9 Å². The molecule has 1 fully saturated rings. The number of hydrogen-bond donors (Lipinski definition) is 3. The summed E-state index contributed by atoms with van der Waals surface area (Å²) in [7, 11) is 0. The van der Waals surface area contributed by atoms with Gasteiger partial charge in [0.15, 0.2) is 5.69 Å². The predicted octanol–water partition coefficient (Wildman–Crippen LogP) is 2.81. The van der Waals surface area contributed by atoms with Crippen molar-refractivity contribution >= 4 is 11.8 Å². The van der Waals surface area contributed by atoms with Crippen molar-refractivity contribution in [2.75, 3.05) is 6.54 Å². The highest BCUT2D eigenvalue weighted by Crippen LogP contribution is 2.31. The number of piperidine rings is 1. The van der Waals surface area contributed by atoms with Gasteiger partial charge in [0, 0.05) is 26.4 Å².